The number of carbonyl (C=O) groups is 1. The fraction of sp³-hybridized carbons (Fsp3) is 0.238. The van der Waals surface area contributed by atoms with E-state index in [1.54, 1.807) is 22.9 Å². The van der Waals surface area contributed by atoms with Gasteiger partial charge in [0.05, 0.1) is 29.7 Å². The molecule has 0 aliphatic carbocycles. The molecule has 0 saturated carbocycles. The molecule has 3 rings (SSSR count). The number of benzene rings is 2. The molecule has 1 amide bonds. The number of rotatable bonds is 7. The number of halogens is 1. The average Bonchev–Trinajstić information content (AvgIpc) is 3.07. The highest BCUT2D eigenvalue weighted by Crippen LogP contribution is 2.19. The van der Waals surface area contributed by atoms with Crippen molar-refractivity contribution in [3.8, 4) is 5.69 Å². The summed E-state index contributed by atoms with van der Waals surface area (Å²) in [7, 11) is 1.64. The summed E-state index contributed by atoms with van der Waals surface area (Å²) in [6, 6.07) is 17.8. The van der Waals surface area contributed by atoms with E-state index in [1.165, 1.54) is 0 Å². The van der Waals surface area contributed by atoms with Crippen LogP contribution in [0.15, 0.2) is 65.3 Å². The van der Waals surface area contributed by atoms with E-state index in [4.69, 9.17) is 4.74 Å². The van der Waals surface area contributed by atoms with E-state index >= 15 is 0 Å². The van der Waals surface area contributed by atoms with Crippen molar-refractivity contribution in [2.24, 2.45) is 0 Å². The smallest absolute Gasteiger partial charge is 0.257 e. The van der Waals surface area contributed by atoms with Crippen LogP contribution in [0.3, 0.4) is 0 Å². The molecule has 0 atom stereocenters. The Morgan fingerprint density at radius 2 is 1.85 bits per heavy atom. The molecule has 0 N–H and O–H groups in total. The van der Waals surface area contributed by atoms with Crippen LogP contribution in [-0.2, 0) is 11.3 Å². The molecule has 0 fully saturated rings. The van der Waals surface area contributed by atoms with Gasteiger partial charge >= 0.3 is 0 Å². The third-order valence-corrected chi connectivity index (χ3v) is 4.91. The van der Waals surface area contributed by atoms with Crippen molar-refractivity contribution in [2.75, 3.05) is 20.3 Å². The number of aromatic nitrogens is 2. The van der Waals surface area contributed by atoms with Crippen molar-refractivity contribution in [1.29, 1.82) is 0 Å². The summed E-state index contributed by atoms with van der Waals surface area (Å²) in [6.07, 6.45) is 1.64. The molecule has 1 aromatic heterocycles. The van der Waals surface area contributed by atoms with Crippen molar-refractivity contribution in [1.82, 2.24) is 14.7 Å². The van der Waals surface area contributed by atoms with Crippen molar-refractivity contribution < 1.29 is 9.53 Å². The van der Waals surface area contributed by atoms with Crippen molar-refractivity contribution in [3.05, 3.63) is 82.1 Å². The van der Waals surface area contributed by atoms with Gasteiger partial charge in [-0.05, 0) is 36.8 Å². The molecular formula is C21H22BrN3O2. The quantitative estimate of drug-likeness (QED) is 0.566. The highest BCUT2D eigenvalue weighted by Gasteiger charge is 2.21. The van der Waals surface area contributed by atoms with E-state index in [0.29, 0.717) is 25.3 Å². The molecule has 1 heterocycles. The van der Waals surface area contributed by atoms with Crippen LogP contribution < -0.4 is 0 Å². The van der Waals surface area contributed by atoms with Gasteiger partial charge in [0.25, 0.3) is 5.91 Å². The van der Waals surface area contributed by atoms with Gasteiger partial charge in [-0.15, -0.1) is 0 Å². The molecule has 27 heavy (non-hydrogen) atoms. The molecule has 2 aromatic carbocycles. The lowest BCUT2D eigenvalue weighted by atomic mass is 10.1. The third-order valence-electron chi connectivity index (χ3n) is 4.38. The van der Waals surface area contributed by atoms with Crippen LogP contribution in [0.1, 0.15) is 21.6 Å². The first-order valence-electron chi connectivity index (χ1n) is 8.73. The SMILES string of the molecule is COCCN(Cc1ccccc1)C(=O)c1cnn(-c2ccc(Br)cc2)c1C. The molecule has 0 radical (unpaired) electrons. The van der Waals surface area contributed by atoms with Crippen LogP contribution in [0, 0.1) is 6.92 Å². The number of carbonyl (C=O) groups excluding carboxylic acids is 1. The maximum Gasteiger partial charge on any atom is 0.257 e. The topological polar surface area (TPSA) is 47.4 Å². The van der Waals surface area contributed by atoms with Gasteiger partial charge in [0.2, 0.25) is 0 Å². The molecule has 0 aliphatic rings. The Labute approximate surface area is 167 Å². The Morgan fingerprint density at radius 1 is 1.15 bits per heavy atom. The van der Waals surface area contributed by atoms with Gasteiger partial charge in [-0.3, -0.25) is 4.79 Å². The second kappa shape index (κ2) is 8.97. The molecule has 3 aromatic rings. The zero-order chi connectivity index (χ0) is 19.2. The largest absolute Gasteiger partial charge is 0.383 e. The van der Waals surface area contributed by atoms with E-state index in [0.717, 1.165) is 21.4 Å². The second-order valence-corrected chi connectivity index (χ2v) is 7.15. The van der Waals surface area contributed by atoms with Crippen molar-refractivity contribution >= 4 is 21.8 Å². The van der Waals surface area contributed by atoms with Gasteiger partial charge < -0.3 is 9.64 Å². The van der Waals surface area contributed by atoms with E-state index in [2.05, 4.69) is 21.0 Å². The molecule has 0 spiro atoms. The molecule has 0 aliphatic heterocycles. The highest BCUT2D eigenvalue weighted by atomic mass is 79.9. The fourth-order valence-corrected chi connectivity index (χ4v) is 3.15. The standard InChI is InChI=1S/C21H22BrN3O2/c1-16-20(14-23-25(16)19-10-8-18(22)9-11-19)21(26)24(12-13-27-2)15-17-6-4-3-5-7-17/h3-11,14H,12-13,15H2,1-2H3. The highest BCUT2D eigenvalue weighted by molar-refractivity contribution is 9.10. The molecule has 0 saturated heterocycles. The zero-order valence-corrected chi connectivity index (χ0v) is 17.0. The van der Waals surface area contributed by atoms with Crippen molar-refractivity contribution in [2.45, 2.75) is 13.5 Å². The van der Waals surface area contributed by atoms with E-state index in [1.807, 2.05) is 61.5 Å². The summed E-state index contributed by atoms with van der Waals surface area (Å²) in [6.45, 7) is 3.46. The minimum Gasteiger partial charge on any atom is -0.383 e. The van der Waals surface area contributed by atoms with Gasteiger partial charge in [0, 0.05) is 24.7 Å². The van der Waals surface area contributed by atoms with Crippen LogP contribution in [-0.4, -0.2) is 40.8 Å². The first-order valence-corrected chi connectivity index (χ1v) is 9.52. The van der Waals surface area contributed by atoms with Crippen LogP contribution in [0.25, 0.3) is 5.69 Å². The Kier molecular flexibility index (Phi) is 6.42. The normalized spacial score (nSPS) is 10.8. The van der Waals surface area contributed by atoms with Crippen molar-refractivity contribution in [3.63, 3.8) is 0 Å². The molecule has 5 nitrogen and oxygen atoms in total. The summed E-state index contributed by atoms with van der Waals surface area (Å²) in [4.78, 5) is 15.0. The first kappa shape index (κ1) is 19.3. The maximum atomic E-state index is 13.2. The summed E-state index contributed by atoms with van der Waals surface area (Å²) < 4.78 is 7.98. The Hall–Kier alpha value is -2.44. The van der Waals surface area contributed by atoms with Gasteiger partial charge in [0.15, 0.2) is 0 Å². The predicted octanol–water partition coefficient (Wildman–Crippen LogP) is 4.23. The first-order chi connectivity index (χ1) is 13.1. The lowest BCUT2D eigenvalue weighted by Gasteiger charge is -2.22. The average molecular weight is 428 g/mol. The zero-order valence-electron chi connectivity index (χ0n) is 15.4. The van der Waals surface area contributed by atoms with E-state index in [9.17, 15) is 4.79 Å². The number of hydrogen-bond donors (Lipinski definition) is 0. The molecule has 6 heteroatoms. The lowest BCUT2D eigenvalue weighted by molar-refractivity contribution is 0.0679. The Morgan fingerprint density at radius 3 is 2.52 bits per heavy atom. The molecule has 0 unspecified atom stereocenters. The second-order valence-electron chi connectivity index (χ2n) is 6.24. The number of ether oxygens (including phenoxy) is 1. The van der Waals surface area contributed by atoms with E-state index < -0.39 is 0 Å². The number of nitrogens with zero attached hydrogens (tertiary/aromatic N) is 3. The molecular weight excluding hydrogens is 406 g/mol. The maximum absolute atomic E-state index is 13.2. The minimum atomic E-state index is -0.0447. The van der Waals surface area contributed by atoms with Crippen LogP contribution in [0.4, 0.5) is 0 Å². The van der Waals surface area contributed by atoms with Gasteiger partial charge in [0.1, 0.15) is 0 Å². The summed E-state index contributed by atoms with van der Waals surface area (Å²) >= 11 is 3.44. The van der Waals surface area contributed by atoms with Gasteiger partial charge in [-0.2, -0.15) is 5.10 Å². The van der Waals surface area contributed by atoms with Gasteiger partial charge in [-0.1, -0.05) is 46.3 Å². The molecule has 140 valence electrons. The fourth-order valence-electron chi connectivity index (χ4n) is 2.89. The Bertz CT molecular complexity index is 892. The third kappa shape index (κ3) is 4.64. The van der Waals surface area contributed by atoms with E-state index in [-0.39, 0.29) is 5.91 Å². The number of methoxy groups -OCH3 is 1. The summed E-state index contributed by atoms with van der Waals surface area (Å²) in [5, 5.41) is 4.43. The van der Waals surface area contributed by atoms with Gasteiger partial charge in [-0.25, -0.2) is 4.68 Å². The number of hydrogen-bond acceptors (Lipinski definition) is 3. The summed E-state index contributed by atoms with van der Waals surface area (Å²) in [5.74, 6) is -0.0447. The predicted molar refractivity (Wildman–Crippen MR) is 109 cm³/mol. The molecule has 0 bridgehead atoms. The van der Waals surface area contributed by atoms with Crippen LogP contribution >= 0.6 is 15.9 Å². The van der Waals surface area contributed by atoms with Crippen LogP contribution in [0.5, 0.6) is 0 Å². The monoisotopic (exact) mass is 427 g/mol. The minimum absolute atomic E-state index is 0.0447. The van der Waals surface area contributed by atoms with Crippen LogP contribution in [0.2, 0.25) is 0 Å². The Balaban J connectivity index is 1.86. The summed E-state index contributed by atoms with van der Waals surface area (Å²) in [5.41, 5.74) is 3.42. The number of amides is 1. The lowest BCUT2D eigenvalue weighted by Crippen LogP contribution is -2.33.